The quantitative estimate of drug-likeness (QED) is 0.886. The molecule has 0 amide bonds. The lowest BCUT2D eigenvalue weighted by Crippen LogP contribution is -2.00. The van der Waals surface area contributed by atoms with Gasteiger partial charge in [-0.1, -0.05) is 13.8 Å². The maximum Gasteiger partial charge on any atom is 0.175 e. The summed E-state index contributed by atoms with van der Waals surface area (Å²) < 4.78 is 27.5. The zero-order chi connectivity index (χ0) is 12.8. The van der Waals surface area contributed by atoms with Crippen molar-refractivity contribution >= 4 is 15.5 Å². The van der Waals surface area contributed by atoms with Gasteiger partial charge in [0.05, 0.1) is 17.7 Å². The summed E-state index contributed by atoms with van der Waals surface area (Å²) in [4.78, 5) is 0.258. The van der Waals surface area contributed by atoms with Gasteiger partial charge in [0.15, 0.2) is 9.84 Å². The summed E-state index contributed by atoms with van der Waals surface area (Å²) in [6.45, 7) is 4.00. The first kappa shape index (κ1) is 14.8. The highest BCUT2D eigenvalue weighted by Gasteiger charge is 2.10. The molecule has 0 fully saturated rings. The van der Waals surface area contributed by atoms with Gasteiger partial charge in [-0.15, -0.1) is 0 Å². The first-order chi connectivity index (χ1) is 7.49. The van der Waals surface area contributed by atoms with Crippen molar-refractivity contribution in [3.8, 4) is 5.75 Å². The van der Waals surface area contributed by atoms with Crippen molar-refractivity contribution < 1.29 is 13.2 Å². The highest BCUT2D eigenvalue weighted by atomic mass is 32.2. The molecule has 16 heavy (non-hydrogen) atoms. The molecular formula is C11H19NO3S. The minimum Gasteiger partial charge on any atom is -0.495 e. The smallest absolute Gasteiger partial charge is 0.175 e. The lowest BCUT2D eigenvalue weighted by Gasteiger charge is -2.08. The maximum atomic E-state index is 11.2. The summed E-state index contributed by atoms with van der Waals surface area (Å²) in [6, 6.07) is 4.72. The number of methoxy groups -OCH3 is 1. The zero-order valence-corrected chi connectivity index (χ0v) is 11.2. The summed E-state index contributed by atoms with van der Waals surface area (Å²) in [5, 5.41) is 2.91. The highest BCUT2D eigenvalue weighted by Crippen LogP contribution is 2.26. The number of benzene rings is 1. The average molecular weight is 245 g/mol. The van der Waals surface area contributed by atoms with E-state index in [0.29, 0.717) is 5.75 Å². The van der Waals surface area contributed by atoms with E-state index in [0.717, 1.165) is 5.69 Å². The molecular weight excluding hydrogens is 226 g/mol. The molecule has 0 bridgehead atoms. The second kappa shape index (κ2) is 6.37. The first-order valence-electron chi connectivity index (χ1n) is 5.05. The average Bonchev–Trinajstić information content (AvgIpc) is 2.29. The van der Waals surface area contributed by atoms with Crippen LogP contribution in [0.4, 0.5) is 5.69 Å². The molecule has 92 valence electrons. The molecule has 0 aromatic heterocycles. The minimum atomic E-state index is -3.17. The van der Waals surface area contributed by atoms with Gasteiger partial charge in [0.1, 0.15) is 5.75 Å². The van der Waals surface area contributed by atoms with Gasteiger partial charge in [-0.25, -0.2) is 8.42 Å². The van der Waals surface area contributed by atoms with E-state index in [-0.39, 0.29) is 4.90 Å². The van der Waals surface area contributed by atoms with Crippen molar-refractivity contribution in [1.29, 1.82) is 0 Å². The molecule has 1 aromatic rings. The number of ether oxygens (including phenoxy) is 1. The van der Waals surface area contributed by atoms with E-state index < -0.39 is 9.84 Å². The third-order valence-electron chi connectivity index (χ3n) is 1.87. The van der Waals surface area contributed by atoms with E-state index in [1.165, 1.54) is 19.4 Å². The standard InChI is InChI=1S/C9H13NO3S.C2H6/c1-10-8-5-4-7(14(3,11)12)6-9(8)13-2;1-2/h4-6,10H,1-3H3;1-2H3. The first-order valence-corrected chi connectivity index (χ1v) is 6.94. The molecule has 0 radical (unpaired) electrons. The van der Waals surface area contributed by atoms with Gasteiger partial charge < -0.3 is 10.1 Å². The van der Waals surface area contributed by atoms with Crippen molar-refractivity contribution in [3.63, 3.8) is 0 Å². The zero-order valence-electron chi connectivity index (χ0n) is 10.4. The fraction of sp³-hybridized carbons (Fsp3) is 0.455. The Morgan fingerprint density at radius 1 is 1.25 bits per heavy atom. The fourth-order valence-corrected chi connectivity index (χ4v) is 1.75. The van der Waals surface area contributed by atoms with E-state index in [1.54, 1.807) is 19.2 Å². The molecule has 0 unspecified atom stereocenters. The highest BCUT2D eigenvalue weighted by molar-refractivity contribution is 7.90. The number of nitrogens with one attached hydrogen (secondary N) is 1. The van der Waals surface area contributed by atoms with Gasteiger partial charge in [-0.05, 0) is 12.1 Å². The molecule has 0 aliphatic rings. The van der Waals surface area contributed by atoms with Crippen molar-refractivity contribution in [2.45, 2.75) is 18.7 Å². The van der Waals surface area contributed by atoms with Crippen LogP contribution in [-0.2, 0) is 9.84 Å². The number of rotatable bonds is 3. The SMILES string of the molecule is CC.CNc1ccc(S(C)(=O)=O)cc1OC. The Hall–Kier alpha value is -1.23. The molecule has 1 N–H and O–H groups in total. The summed E-state index contributed by atoms with van der Waals surface area (Å²) in [6.07, 6.45) is 1.17. The normalized spacial score (nSPS) is 10.1. The Balaban J connectivity index is 0.00000106. The Kier molecular flexibility index (Phi) is 5.88. The van der Waals surface area contributed by atoms with Crippen molar-refractivity contribution in [1.82, 2.24) is 0 Å². The van der Waals surface area contributed by atoms with Crippen LogP contribution in [0.5, 0.6) is 5.75 Å². The third-order valence-corrected chi connectivity index (χ3v) is 2.98. The molecule has 0 saturated heterocycles. The molecule has 1 aromatic carbocycles. The Morgan fingerprint density at radius 3 is 2.19 bits per heavy atom. The number of hydrogen-bond donors (Lipinski definition) is 1. The Morgan fingerprint density at radius 2 is 1.81 bits per heavy atom. The van der Waals surface area contributed by atoms with E-state index in [4.69, 9.17) is 4.74 Å². The number of sulfone groups is 1. The lowest BCUT2D eigenvalue weighted by molar-refractivity contribution is 0.415. The second-order valence-corrected chi connectivity index (χ2v) is 4.90. The van der Waals surface area contributed by atoms with Gasteiger partial charge >= 0.3 is 0 Å². The monoisotopic (exact) mass is 245 g/mol. The van der Waals surface area contributed by atoms with Crippen LogP contribution in [0, 0.1) is 0 Å². The minimum absolute atomic E-state index is 0.258. The van der Waals surface area contributed by atoms with Crippen LogP contribution in [0.1, 0.15) is 13.8 Å². The van der Waals surface area contributed by atoms with Gasteiger partial charge in [-0.2, -0.15) is 0 Å². The van der Waals surface area contributed by atoms with Crippen LogP contribution in [0.25, 0.3) is 0 Å². The van der Waals surface area contributed by atoms with Crippen LogP contribution in [0.2, 0.25) is 0 Å². The lowest BCUT2D eigenvalue weighted by atomic mass is 10.3. The van der Waals surface area contributed by atoms with Crippen molar-refractivity contribution in [3.05, 3.63) is 18.2 Å². The largest absolute Gasteiger partial charge is 0.495 e. The van der Waals surface area contributed by atoms with Gasteiger partial charge in [0, 0.05) is 19.4 Å². The van der Waals surface area contributed by atoms with E-state index in [2.05, 4.69) is 5.32 Å². The van der Waals surface area contributed by atoms with Gasteiger partial charge in [0.25, 0.3) is 0 Å². The molecule has 0 atom stereocenters. The van der Waals surface area contributed by atoms with Crippen LogP contribution in [0.3, 0.4) is 0 Å². The van der Waals surface area contributed by atoms with Crippen LogP contribution in [-0.4, -0.2) is 28.8 Å². The molecule has 0 spiro atoms. The molecule has 5 heteroatoms. The topological polar surface area (TPSA) is 55.4 Å². The molecule has 0 saturated carbocycles. The van der Waals surface area contributed by atoms with E-state index in [1.807, 2.05) is 13.8 Å². The molecule has 0 aliphatic carbocycles. The second-order valence-electron chi connectivity index (χ2n) is 2.88. The Bertz CT molecular complexity index is 427. The summed E-state index contributed by atoms with van der Waals surface area (Å²) in [5.41, 5.74) is 0.764. The van der Waals surface area contributed by atoms with Crippen LogP contribution in [0.15, 0.2) is 23.1 Å². The summed E-state index contributed by atoms with van der Waals surface area (Å²) in [5.74, 6) is 0.524. The predicted octanol–water partition coefficient (Wildman–Crippen LogP) is 2.17. The van der Waals surface area contributed by atoms with Crippen molar-refractivity contribution in [2.24, 2.45) is 0 Å². The molecule has 1 rings (SSSR count). The summed E-state index contributed by atoms with van der Waals surface area (Å²) in [7, 11) is 0.0820. The molecule has 0 heterocycles. The van der Waals surface area contributed by atoms with Gasteiger partial charge in [0.2, 0.25) is 0 Å². The van der Waals surface area contributed by atoms with Crippen LogP contribution >= 0.6 is 0 Å². The van der Waals surface area contributed by atoms with Crippen LogP contribution < -0.4 is 10.1 Å². The van der Waals surface area contributed by atoms with E-state index >= 15 is 0 Å². The molecule has 4 nitrogen and oxygen atoms in total. The fourth-order valence-electron chi connectivity index (χ4n) is 1.11. The van der Waals surface area contributed by atoms with E-state index in [9.17, 15) is 8.42 Å². The number of hydrogen-bond acceptors (Lipinski definition) is 4. The van der Waals surface area contributed by atoms with Gasteiger partial charge in [-0.3, -0.25) is 0 Å². The summed E-state index contributed by atoms with van der Waals surface area (Å²) >= 11 is 0. The maximum absolute atomic E-state index is 11.2. The predicted molar refractivity (Wildman–Crippen MR) is 67.0 cm³/mol. The third kappa shape index (κ3) is 3.73. The number of anilines is 1. The molecule has 0 aliphatic heterocycles. The van der Waals surface area contributed by atoms with Crippen molar-refractivity contribution in [2.75, 3.05) is 25.7 Å². The Labute approximate surface area is 97.6 Å².